The van der Waals surface area contributed by atoms with Crippen molar-refractivity contribution < 1.29 is 9.47 Å². The van der Waals surface area contributed by atoms with Crippen molar-refractivity contribution in [1.29, 1.82) is 5.41 Å². The Morgan fingerprint density at radius 2 is 2.12 bits per heavy atom. The molecule has 0 fully saturated rings. The Labute approximate surface area is 94.9 Å². The van der Waals surface area contributed by atoms with Crippen molar-refractivity contribution in [2.45, 2.75) is 18.9 Å². The molecule has 3 N–H and O–H groups in total. The molecule has 0 saturated carbocycles. The number of rotatable bonds is 2. The van der Waals surface area contributed by atoms with Gasteiger partial charge >= 0.3 is 0 Å². The lowest BCUT2D eigenvalue weighted by Gasteiger charge is -2.26. The summed E-state index contributed by atoms with van der Waals surface area (Å²) in [4.78, 5) is 0. The van der Waals surface area contributed by atoms with Crippen LogP contribution in [0.4, 0.5) is 5.69 Å². The zero-order valence-electron chi connectivity index (χ0n) is 9.54. The number of anilines is 1. The van der Waals surface area contributed by atoms with Gasteiger partial charge in [0.2, 0.25) is 0 Å². The zero-order chi connectivity index (χ0) is 11.7. The summed E-state index contributed by atoms with van der Waals surface area (Å²) in [7, 11) is 3.21. The number of benzene rings is 1. The van der Waals surface area contributed by atoms with Crippen LogP contribution in [0.15, 0.2) is 12.1 Å². The van der Waals surface area contributed by atoms with Crippen molar-refractivity contribution in [2.24, 2.45) is 0 Å². The Hall–Kier alpha value is -1.55. The number of nitrogens with two attached hydrogens (primary N) is 1. The van der Waals surface area contributed by atoms with E-state index in [-0.39, 0.29) is 6.10 Å². The topological polar surface area (TPSA) is 68.3 Å². The lowest BCUT2D eigenvalue weighted by atomic mass is 9.86. The van der Waals surface area contributed by atoms with Gasteiger partial charge in [0.15, 0.2) is 0 Å². The molecule has 0 aromatic heterocycles. The van der Waals surface area contributed by atoms with Crippen LogP contribution in [0.2, 0.25) is 0 Å². The summed E-state index contributed by atoms with van der Waals surface area (Å²) in [5.74, 6) is 0.625. The number of fused-ring (bicyclic) bond motifs is 1. The van der Waals surface area contributed by atoms with Gasteiger partial charge in [-0.1, -0.05) is 6.07 Å². The predicted molar refractivity (Wildman–Crippen MR) is 63.4 cm³/mol. The van der Waals surface area contributed by atoms with Gasteiger partial charge in [-0.3, -0.25) is 0 Å². The first-order chi connectivity index (χ1) is 7.69. The highest BCUT2D eigenvalue weighted by molar-refractivity contribution is 6.08. The molecule has 1 aliphatic carbocycles. The standard InChI is InChI=1S/C12H16N2O2/c1-15-8-5-3-7-4-6-9(16-2)12(14)10(7)11(8)13/h3,5,9,14H,4,6,13H2,1-2H3. The lowest BCUT2D eigenvalue weighted by molar-refractivity contribution is 0.146. The van der Waals surface area contributed by atoms with E-state index < -0.39 is 0 Å². The van der Waals surface area contributed by atoms with Crippen LogP contribution in [0, 0.1) is 5.41 Å². The van der Waals surface area contributed by atoms with Crippen LogP contribution < -0.4 is 10.5 Å². The van der Waals surface area contributed by atoms with Gasteiger partial charge in [-0.25, -0.2) is 0 Å². The summed E-state index contributed by atoms with van der Waals surface area (Å²) in [5, 5.41) is 8.08. The Balaban J connectivity index is 2.52. The Kier molecular flexibility index (Phi) is 2.83. The number of nitrogen functional groups attached to an aromatic ring is 1. The average molecular weight is 220 g/mol. The minimum absolute atomic E-state index is 0.151. The van der Waals surface area contributed by atoms with E-state index in [0.29, 0.717) is 17.1 Å². The molecule has 86 valence electrons. The van der Waals surface area contributed by atoms with Crippen LogP contribution in [0.25, 0.3) is 0 Å². The molecule has 0 saturated heterocycles. The highest BCUT2D eigenvalue weighted by Gasteiger charge is 2.27. The third-order valence-electron chi connectivity index (χ3n) is 3.06. The third-order valence-corrected chi connectivity index (χ3v) is 3.06. The minimum atomic E-state index is -0.151. The number of hydrogen-bond acceptors (Lipinski definition) is 4. The number of hydrogen-bond donors (Lipinski definition) is 2. The second-order valence-corrected chi connectivity index (χ2v) is 3.89. The molecule has 4 heteroatoms. The summed E-state index contributed by atoms with van der Waals surface area (Å²) in [5.41, 5.74) is 8.90. The monoisotopic (exact) mass is 220 g/mol. The summed E-state index contributed by atoms with van der Waals surface area (Å²) >= 11 is 0. The molecular weight excluding hydrogens is 204 g/mol. The van der Waals surface area contributed by atoms with Crippen LogP contribution in [0.3, 0.4) is 0 Å². The van der Waals surface area contributed by atoms with E-state index in [0.717, 1.165) is 24.0 Å². The highest BCUT2D eigenvalue weighted by Crippen LogP contribution is 2.33. The largest absolute Gasteiger partial charge is 0.495 e. The smallest absolute Gasteiger partial charge is 0.142 e. The van der Waals surface area contributed by atoms with E-state index in [4.69, 9.17) is 20.6 Å². The van der Waals surface area contributed by atoms with Crippen molar-refractivity contribution in [3.05, 3.63) is 23.3 Å². The highest BCUT2D eigenvalue weighted by atomic mass is 16.5. The molecule has 1 aromatic carbocycles. The second kappa shape index (κ2) is 4.14. The molecule has 0 heterocycles. The van der Waals surface area contributed by atoms with Crippen molar-refractivity contribution in [1.82, 2.24) is 0 Å². The number of nitrogens with one attached hydrogen (secondary N) is 1. The van der Waals surface area contributed by atoms with E-state index in [2.05, 4.69) is 0 Å². The first kappa shape index (κ1) is 11.0. The van der Waals surface area contributed by atoms with E-state index in [9.17, 15) is 0 Å². The molecule has 0 radical (unpaired) electrons. The average Bonchev–Trinajstić information content (AvgIpc) is 2.30. The summed E-state index contributed by atoms with van der Waals surface area (Å²) in [6, 6.07) is 3.83. The molecule has 16 heavy (non-hydrogen) atoms. The minimum Gasteiger partial charge on any atom is -0.495 e. The summed E-state index contributed by atoms with van der Waals surface area (Å²) in [6.07, 6.45) is 1.58. The van der Waals surface area contributed by atoms with Crippen LogP contribution in [0.1, 0.15) is 17.5 Å². The van der Waals surface area contributed by atoms with Crippen LogP contribution in [-0.4, -0.2) is 26.0 Å². The number of ether oxygens (including phenoxy) is 2. The molecule has 0 aliphatic heterocycles. The predicted octanol–water partition coefficient (Wildman–Crippen LogP) is 1.61. The fourth-order valence-electron chi connectivity index (χ4n) is 2.18. The fraction of sp³-hybridized carbons (Fsp3) is 0.417. The van der Waals surface area contributed by atoms with Crippen molar-refractivity contribution >= 4 is 11.4 Å². The summed E-state index contributed by atoms with van der Waals surface area (Å²) in [6.45, 7) is 0. The van der Waals surface area contributed by atoms with Gasteiger partial charge in [-0.05, 0) is 24.5 Å². The molecule has 1 atom stereocenters. The summed E-state index contributed by atoms with van der Waals surface area (Å²) < 4.78 is 10.4. The van der Waals surface area contributed by atoms with Crippen molar-refractivity contribution in [3.8, 4) is 5.75 Å². The van der Waals surface area contributed by atoms with Gasteiger partial charge in [0, 0.05) is 12.7 Å². The molecular formula is C12H16N2O2. The van der Waals surface area contributed by atoms with Crippen LogP contribution in [0.5, 0.6) is 5.75 Å². The SMILES string of the molecule is COc1ccc2c(c1N)C(=N)C(OC)CC2. The van der Waals surface area contributed by atoms with E-state index >= 15 is 0 Å². The van der Waals surface area contributed by atoms with Crippen LogP contribution in [-0.2, 0) is 11.2 Å². The van der Waals surface area contributed by atoms with Gasteiger partial charge in [0.1, 0.15) is 5.75 Å². The Morgan fingerprint density at radius 3 is 2.75 bits per heavy atom. The second-order valence-electron chi connectivity index (χ2n) is 3.89. The first-order valence-electron chi connectivity index (χ1n) is 5.26. The normalized spacial score (nSPS) is 19.4. The van der Waals surface area contributed by atoms with Crippen LogP contribution >= 0.6 is 0 Å². The molecule has 1 unspecified atom stereocenters. The van der Waals surface area contributed by atoms with E-state index in [1.54, 1.807) is 14.2 Å². The Bertz CT molecular complexity index is 429. The quantitative estimate of drug-likeness (QED) is 0.744. The third kappa shape index (κ3) is 1.55. The maximum Gasteiger partial charge on any atom is 0.142 e. The maximum atomic E-state index is 8.08. The molecule has 0 amide bonds. The molecule has 1 aliphatic rings. The maximum absolute atomic E-state index is 8.08. The Morgan fingerprint density at radius 1 is 1.38 bits per heavy atom. The lowest BCUT2D eigenvalue weighted by Crippen LogP contribution is -2.30. The number of aryl methyl sites for hydroxylation is 1. The first-order valence-corrected chi connectivity index (χ1v) is 5.26. The zero-order valence-corrected chi connectivity index (χ0v) is 9.54. The fourth-order valence-corrected chi connectivity index (χ4v) is 2.18. The molecule has 0 bridgehead atoms. The van der Waals surface area contributed by atoms with Gasteiger partial charge in [0.25, 0.3) is 0 Å². The molecule has 2 rings (SSSR count). The molecule has 4 nitrogen and oxygen atoms in total. The van der Waals surface area contributed by atoms with Gasteiger partial charge in [-0.15, -0.1) is 0 Å². The van der Waals surface area contributed by atoms with Crippen molar-refractivity contribution in [2.75, 3.05) is 20.0 Å². The van der Waals surface area contributed by atoms with Gasteiger partial charge in [-0.2, -0.15) is 0 Å². The van der Waals surface area contributed by atoms with Gasteiger partial charge in [0.05, 0.1) is 24.6 Å². The molecule has 1 aromatic rings. The van der Waals surface area contributed by atoms with Gasteiger partial charge < -0.3 is 20.6 Å². The van der Waals surface area contributed by atoms with Crippen molar-refractivity contribution in [3.63, 3.8) is 0 Å². The number of methoxy groups -OCH3 is 2. The molecule has 0 spiro atoms. The van der Waals surface area contributed by atoms with E-state index in [1.807, 2.05) is 12.1 Å². The van der Waals surface area contributed by atoms with E-state index in [1.165, 1.54) is 0 Å².